The molecule has 0 radical (unpaired) electrons. The third kappa shape index (κ3) is 4.87. The zero-order valence-electron chi connectivity index (χ0n) is 17.7. The second-order valence-corrected chi connectivity index (χ2v) is 8.16. The van der Waals surface area contributed by atoms with E-state index in [-0.39, 0.29) is 30.4 Å². The molecule has 4 rings (SSSR count). The van der Waals surface area contributed by atoms with Gasteiger partial charge < -0.3 is 24.8 Å². The van der Waals surface area contributed by atoms with Gasteiger partial charge in [-0.25, -0.2) is 9.18 Å². The number of nitrogens with zero attached hydrogens (tertiary/aromatic N) is 1. The Morgan fingerprint density at radius 3 is 2.59 bits per heavy atom. The first kappa shape index (κ1) is 22.1. The molecule has 3 N–H and O–H groups in total. The van der Waals surface area contributed by atoms with Crippen LogP contribution in [0.3, 0.4) is 0 Å². The number of nitrogens with one attached hydrogen (secondary N) is 3. The fraction of sp³-hybridized carbons (Fsp3) is 0.304. The smallest absolute Gasteiger partial charge is 0.356 e. The lowest BCUT2D eigenvalue weighted by Crippen LogP contribution is -3.15. The maximum absolute atomic E-state index is 13.8. The molecule has 0 saturated carbocycles. The first-order valence-electron chi connectivity index (χ1n) is 10.6. The summed E-state index contributed by atoms with van der Waals surface area (Å²) in [5.41, 5.74) is 2.02. The minimum absolute atomic E-state index is 0.114. The number of aromatic amines is 1. The molecule has 32 heavy (non-hydrogen) atoms. The number of anilines is 2. The Labute approximate surface area is 190 Å². The number of piperazine rings is 1. The van der Waals surface area contributed by atoms with Gasteiger partial charge in [0.15, 0.2) is 6.54 Å². The molecular formula is C23H25ClFN4O3+. The number of H-pyrrole nitrogens is 1. The van der Waals surface area contributed by atoms with Crippen LogP contribution in [0.1, 0.15) is 17.4 Å². The molecular weight excluding hydrogens is 435 g/mol. The number of ether oxygens (including phenoxy) is 1. The van der Waals surface area contributed by atoms with Crippen LogP contribution in [-0.2, 0) is 9.53 Å². The topological polar surface area (TPSA) is 78.9 Å². The van der Waals surface area contributed by atoms with Gasteiger partial charge in [-0.2, -0.15) is 0 Å². The lowest BCUT2D eigenvalue weighted by Gasteiger charge is -2.33. The Kier molecular flexibility index (Phi) is 6.62. The summed E-state index contributed by atoms with van der Waals surface area (Å²) in [6, 6.07) is 11.8. The van der Waals surface area contributed by atoms with Crippen LogP contribution in [0, 0.1) is 5.82 Å². The molecule has 0 aliphatic carbocycles. The first-order valence-corrected chi connectivity index (χ1v) is 10.9. The van der Waals surface area contributed by atoms with Gasteiger partial charge in [-0.15, -0.1) is 0 Å². The molecule has 2 heterocycles. The predicted molar refractivity (Wildman–Crippen MR) is 122 cm³/mol. The summed E-state index contributed by atoms with van der Waals surface area (Å²) in [5, 5.41) is 3.95. The van der Waals surface area contributed by atoms with Crippen LogP contribution in [0.15, 0.2) is 42.5 Å². The van der Waals surface area contributed by atoms with Crippen molar-refractivity contribution >= 4 is 45.8 Å². The molecule has 1 fully saturated rings. The van der Waals surface area contributed by atoms with E-state index in [0.29, 0.717) is 15.9 Å². The number of halogens is 2. The van der Waals surface area contributed by atoms with Crippen LogP contribution >= 0.6 is 11.6 Å². The lowest BCUT2D eigenvalue weighted by molar-refractivity contribution is -0.892. The molecule has 1 saturated heterocycles. The highest BCUT2D eigenvalue weighted by atomic mass is 35.5. The molecule has 1 aliphatic heterocycles. The number of esters is 1. The zero-order chi connectivity index (χ0) is 22.7. The predicted octanol–water partition coefficient (Wildman–Crippen LogP) is 2.48. The van der Waals surface area contributed by atoms with Crippen LogP contribution in [0.2, 0.25) is 5.02 Å². The number of benzene rings is 2. The summed E-state index contributed by atoms with van der Waals surface area (Å²) in [6.45, 7) is 5.36. The van der Waals surface area contributed by atoms with E-state index in [1.54, 1.807) is 6.92 Å². The van der Waals surface area contributed by atoms with E-state index in [9.17, 15) is 14.0 Å². The largest absolute Gasteiger partial charge is 0.461 e. The molecule has 7 nitrogen and oxygen atoms in total. The number of rotatable bonds is 6. The van der Waals surface area contributed by atoms with Gasteiger partial charge in [0.2, 0.25) is 0 Å². The molecule has 0 atom stereocenters. The fourth-order valence-corrected chi connectivity index (χ4v) is 4.10. The van der Waals surface area contributed by atoms with Gasteiger partial charge in [-0.3, -0.25) is 4.79 Å². The van der Waals surface area contributed by atoms with Gasteiger partial charge >= 0.3 is 5.97 Å². The van der Waals surface area contributed by atoms with Crippen molar-refractivity contribution in [1.29, 1.82) is 0 Å². The molecule has 0 bridgehead atoms. The van der Waals surface area contributed by atoms with Crippen LogP contribution in [0.4, 0.5) is 15.8 Å². The summed E-state index contributed by atoms with van der Waals surface area (Å²) in [6.07, 6.45) is 0. The van der Waals surface area contributed by atoms with Crippen molar-refractivity contribution in [3.63, 3.8) is 0 Å². The summed E-state index contributed by atoms with van der Waals surface area (Å²) in [7, 11) is 0. The van der Waals surface area contributed by atoms with Crippen molar-refractivity contribution < 1.29 is 23.6 Å². The van der Waals surface area contributed by atoms with Gasteiger partial charge in [0, 0.05) is 21.6 Å². The summed E-state index contributed by atoms with van der Waals surface area (Å²) in [4.78, 5) is 31.5. The van der Waals surface area contributed by atoms with Gasteiger partial charge in [0.1, 0.15) is 11.5 Å². The third-order valence-electron chi connectivity index (χ3n) is 5.58. The first-order chi connectivity index (χ1) is 15.4. The molecule has 1 aliphatic rings. The maximum Gasteiger partial charge on any atom is 0.356 e. The van der Waals surface area contributed by atoms with Crippen molar-refractivity contribution in [2.45, 2.75) is 6.92 Å². The average molecular weight is 460 g/mol. The maximum atomic E-state index is 13.8. The van der Waals surface area contributed by atoms with Crippen LogP contribution in [0.5, 0.6) is 0 Å². The molecule has 9 heteroatoms. The van der Waals surface area contributed by atoms with E-state index in [4.69, 9.17) is 16.3 Å². The Hall–Kier alpha value is -3.10. The highest BCUT2D eigenvalue weighted by Gasteiger charge is 2.25. The fourth-order valence-electron chi connectivity index (χ4n) is 3.97. The molecule has 0 unspecified atom stereocenters. The minimum Gasteiger partial charge on any atom is -0.461 e. The van der Waals surface area contributed by atoms with E-state index >= 15 is 0 Å². The van der Waals surface area contributed by atoms with Crippen LogP contribution in [0.25, 0.3) is 10.9 Å². The molecule has 168 valence electrons. The molecule has 2 aromatic carbocycles. The van der Waals surface area contributed by atoms with E-state index < -0.39 is 11.8 Å². The number of hydrogen-bond donors (Lipinski definition) is 3. The van der Waals surface area contributed by atoms with Crippen molar-refractivity contribution in [2.75, 3.05) is 49.5 Å². The number of carbonyl (C=O) groups excluding carboxylic acids is 2. The van der Waals surface area contributed by atoms with Crippen LogP contribution < -0.4 is 15.1 Å². The average Bonchev–Trinajstić information content (AvgIpc) is 3.12. The third-order valence-corrected chi connectivity index (χ3v) is 5.83. The number of hydrogen-bond acceptors (Lipinski definition) is 4. The second kappa shape index (κ2) is 9.58. The standard InChI is InChI=1S/C23H24ClFN4O3/c1-2-32-23(31)22-21(18-13-16(25)5-8-19(18)26-22)27-20(30)14-28-9-11-29(12-10-28)17-6-3-15(24)4-7-17/h3-8,13,26H,2,9-12,14H2,1H3,(H,27,30)/p+1. The zero-order valence-corrected chi connectivity index (χ0v) is 18.5. The highest BCUT2D eigenvalue weighted by Crippen LogP contribution is 2.29. The van der Waals surface area contributed by atoms with Gasteiger partial charge in [0.05, 0.1) is 38.5 Å². The molecule has 1 aromatic heterocycles. The van der Waals surface area contributed by atoms with Crippen molar-refractivity contribution in [1.82, 2.24) is 4.98 Å². The van der Waals surface area contributed by atoms with E-state index in [2.05, 4.69) is 15.2 Å². The van der Waals surface area contributed by atoms with Crippen molar-refractivity contribution in [3.05, 3.63) is 59.0 Å². The summed E-state index contributed by atoms with van der Waals surface area (Å²) < 4.78 is 18.9. The van der Waals surface area contributed by atoms with Crippen LogP contribution in [-0.4, -0.2) is 56.2 Å². The summed E-state index contributed by atoms with van der Waals surface area (Å²) >= 11 is 5.96. The summed E-state index contributed by atoms with van der Waals surface area (Å²) in [5.74, 6) is -1.29. The number of aromatic nitrogens is 1. The number of quaternary nitrogens is 1. The van der Waals surface area contributed by atoms with Crippen molar-refractivity contribution in [3.8, 4) is 0 Å². The van der Waals surface area contributed by atoms with E-state index in [1.807, 2.05) is 24.3 Å². The molecule has 1 amide bonds. The van der Waals surface area contributed by atoms with E-state index in [1.165, 1.54) is 18.2 Å². The Balaban J connectivity index is 1.43. The molecule has 3 aromatic rings. The molecule has 0 spiro atoms. The quantitative estimate of drug-likeness (QED) is 0.495. The number of fused-ring (bicyclic) bond motifs is 1. The SMILES string of the molecule is CCOC(=O)c1[nH]c2ccc(F)cc2c1NC(=O)C[NH+]1CCN(c2ccc(Cl)cc2)CC1. The number of carbonyl (C=O) groups is 2. The van der Waals surface area contributed by atoms with Gasteiger partial charge in [0.25, 0.3) is 5.91 Å². The Morgan fingerprint density at radius 2 is 1.91 bits per heavy atom. The Morgan fingerprint density at radius 1 is 1.19 bits per heavy atom. The highest BCUT2D eigenvalue weighted by molar-refractivity contribution is 6.30. The normalized spacial score (nSPS) is 14.5. The van der Waals surface area contributed by atoms with Crippen molar-refractivity contribution in [2.24, 2.45) is 0 Å². The van der Waals surface area contributed by atoms with Gasteiger partial charge in [-0.1, -0.05) is 11.6 Å². The lowest BCUT2D eigenvalue weighted by atomic mass is 10.2. The monoisotopic (exact) mass is 459 g/mol. The second-order valence-electron chi connectivity index (χ2n) is 7.72. The van der Waals surface area contributed by atoms with E-state index in [0.717, 1.165) is 36.8 Å². The van der Waals surface area contributed by atoms with Gasteiger partial charge in [-0.05, 0) is 49.4 Å². The number of amides is 1. The minimum atomic E-state index is -0.594. The Bertz CT molecular complexity index is 1120.